The first kappa shape index (κ1) is 12.7. The van der Waals surface area contributed by atoms with Crippen LogP contribution in [0.25, 0.3) is 0 Å². The summed E-state index contributed by atoms with van der Waals surface area (Å²) in [5, 5.41) is 0. The average molecular weight is 243 g/mol. The summed E-state index contributed by atoms with van der Waals surface area (Å²) in [5.41, 5.74) is 1.60. The van der Waals surface area contributed by atoms with Gasteiger partial charge in [0.15, 0.2) is 0 Å². The molecular formula is C15H27Cl. The molecule has 1 unspecified atom stereocenters. The molecule has 0 N–H and O–H groups in total. The predicted octanol–water partition coefficient (Wildman–Crippen LogP) is 5.25. The molecule has 2 saturated carbocycles. The molecule has 2 rings (SSSR count). The molecule has 0 heterocycles. The van der Waals surface area contributed by atoms with Crippen molar-refractivity contribution in [3.63, 3.8) is 0 Å². The second-order valence-electron chi connectivity index (χ2n) is 7.96. The lowest BCUT2D eigenvalue weighted by atomic mass is 9.52. The number of halogens is 1. The Balaban J connectivity index is 2.27. The lowest BCUT2D eigenvalue weighted by Crippen LogP contribution is -2.43. The van der Waals surface area contributed by atoms with E-state index in [2.05, 4.69) is 27.7 Å². The number of alkyl halides is 1. The summed E-state index contributed by atoms with van der Waals surface area (Å²) in [5.74, 6) is 1.67. The summed E-state index contributed by atoms with van der Waals surface area (Å²) in [4.78, 5) is 0. The van der Waals surface area contributed by atoms with Crippen molar-refractivity contribution in [1.82, 2.24) is 0 Å². The van der Waals surface area contributed by atoms with Crippen LogP contribution in [-0.2, 0) is 0 Å². The Labute approximate surface area is 106 Å². The fourth-order valence-electron chi connectivity index (χ4n) is 5.31. The van der Waals surface area contributed by atoms with Crippen molar-refractivity contribution < 1.29 is 0 Å². The van der Waals surface area contributed by atoms with Gasteiger partial charge in [-0.2, -0.15) is 0 Å². The van der Waals surface area contributed by atoms with Gasteiger partial charge in [0, 0.05) is 5.88 Å². The Hall–Kier alpha value is 0.290. The first-order valence-corrected chi connectivity index (χ1v) is 7.38. The normalized spacial score (nSPS) is 35.4. The lowest BCUT2D eigenvalue weighted by molar-refractivity contribution is -0.0215. The van der Waals surface area contributed by atoms with E-state index in [9.17, 15) is 0 Å². The van der Waals surface area contributed by atoms with E-state index in [-0.39, 0.29) is 0 Å². The van der Waals surface area contributed by atoms with Crippen molar-refractivity contribution in [1.29, 1.82) is 0 Å². The van der Waals surface area contributed by atoms with E-state index in [1.807, 2.05) is 0 Å². The average Bonchev–Trinajstić information content (AvgIpc) is 2.40. The highest BCUT2D eigenvalue weighted by Gasteiger charge is 2.52. The topological polar surface area (TPSA) is 0 Å². The van der Waals surface area contributed by atoms with Crippen LogP contribution in [0.1, 0.15) is 66.2 Å². The monoisotopic (exact) mass is 242 g/mol. The van der Waals surface area contributed by atoms with Crippen molar-refractivity contribution in [2.75, 3.05) is 5.88 Å². The maximum absolute atomic E-state index is 6.22. The van der Waals surface area contributed by atoms with Crippen LogP contribution >= 0.6 is 11.6 Å². The van der Waals surface area contributed by atoms with E-state index < -0.39 is 0 Å². The minimum Gasteiger partial charge on any atom is -0.126 e. The first-order valence-electron chi connectivity index (χ1n) is 6.85. The number of rotatable bonds is 1. The van der Waals surface area contributed by atoms with Gasteiger partial charge in [-0.3, -0.25) is 0 Å². The van der Waals surface area contributed by atoms with Crippen molar-refractivity contribution in [2.45, 2.75) is 66.2 Å². The molecule has 2 fully saturated rings. The van der Waals surface area contributed by atoms with Crippen molar-refractivity contribution >= 4 is 11.6 Å². The molecular weight excluding hydrogens is 216 g/mol. The van der Waals surface area contributed by atoms with E-state index >= 15 is 0 Å². The van der Waals surface area contributed by atoms with Gasteiger partial charge < -0.3 is 0 Å². The van der Waals surface area contributed by atoms with E-state index in [0.29, 0.717) is 16.2 Å². The molecule has 0 aromatic heterocycles. The van der Waals surface area contributed by atoms with Crippen LogP contribution in [0.4, 0.5) is 0 Å². The standard InChI is InChI=1S/C15H27Cl/c1-13(2)9-14(3,4)11-15(10-13)7-5-6-12(15)8-16/h12H,5-11H2,1-4H3. The summed E-state index contributed by atoms with van der Waals surface area (Å²) < 4.78 is 0. The molecule has 0 aromatic carbocycles. The van der Waals surface area contributed by atoms with Gasteiger partial charge >= 0.3 is 0 Å². The smallest absolute Gasteiger partial charge is 0.0257 e. The second-order valence-corrected chi connectivity index (χ2v) is 8.27. The molecule has 0 saturated heterocycles. The van der Waals surface area contributed by atoms with Crippen LogP contribution in [-0.4, -0.2) is 5.88 Å². The molecule has 0 bridgehead atoms. The minimum atomic E-state index is 0.510. The second kappa shape index (κ2) is 3.90. The van der Waals surface area contributed by atoms with Gasteiger partial charge in [0.1, 0.15) is 0 Å². The molecule has 1 atom stereocenters. The molecule has 2 aliphatic rings. The molecule has 94 valence electrons. The molecule has 2 aliphatic carbocycles. The zero-order chi connectivity index (χ0) is 12.0. The molecule has 0 amide bonds. The molecule has 0 nitrogen and oxygen atoms in total. The van der Waals surface area contributed by atoms with Gasteiger partial charge in [-0.05, 0) is 54.3 Å². The third-order valence-corrected chi connectivity index (χ3v) is 5.27. The summed E-state index contributed by atoms with van der Waals surface area (Å²) in [6.45, 7) is 9.83. The summed E-state index contributed by atoms with van der Waals surface area (Å²) >= 11 is 6.22. The lowest BCUT2D eigenvalue weighted by Gasteiger charge is -2.53. The van der Waals surface area contributed by atoms with Crippen molar-refractivity contribution in [3.05, 3.63) is 0 Å². The maximum Gasteiger partial charge on any atom is 0.0257 e. The number of hydrogen-bond acceptors (Lipinski definition) is 0. The summed E-state index contributed by atoms with van der Waals surface area (Å²) in [6, 6.07) is 0. The van der Waals surface area contributed by atoms with Crippen LogP contribution in [0.15, 0.2) is 0 Å². The SMILES string of the molecule is CC1(C)CC(C)(C)CC2(CCCC2CCl)C1. The van der Waals surface area contributed by atoms with Gasteiger partial charge in [-0.1, -0.05) is 34.1 Å². The van der Waals surface area contributed by atoms with E-state index in [4.69, 9.17) is 11.6 Å². The summed E-state index contributed by atoms with van der Waals surface area (Å²) in [6.07, 6.45) is 8.38. The van der Waals surface area contributed by atoms with Crippen molar-refractivity contribution in [2.24, 2.45) is 22.2 Å². The van der Waals surface area contributed by atoms with E-state index in [1.165, 1.54) is 38.5 Å². The van der Waals surface area contributed by atoms with Gasteiger partial charge in [0.25, 0.3) is 0 Å². The van der Waals surface area contributed by atoms with Crippen LogP contribution in [0.5, 0.6) is 0 Å². The highest BCUT2D eigenvalue weighted by molar-refractivity contribution is 6.18. The van der Waals surface area contributed by atoms with Crippen LogP contribution in [0.2, 0.25) is 0 Å². The van der Waals surface area contributed by atoms with Gasteiger partial charge in [-0.25, -0.2) is 0 Å². The Morgan fingerprint density at radius 1 is 1.00 bits per heavy atom. The predicted molar refractivity (Wildman–Crippen MR) is 71.9 cm³/mol. The fourth-order valence-corrected chi connectivity index (χ4v) is 5.79. The number of hydrogen-bond donors (Lipinski definition) is 0. The quantitative estimate of drug-likeness (QED) is 0.551. The van der Waals surface area contributed by atoms with Crippen LogP contribution in [0, 0.1) is 22.2 Å². The third kappa shape index (κ3) is 2.28. The third-order valence-electron chi connectivity index (χ3n) is 4.90. The zero-order valence-corrected chi connectivity index (χ0v) is 12.2. The minimum absolute atomic E-state index is 0.510. The largest absolute Gasteiger partial charge is 0.126 e. The molecule has 0 aliphatic heterocycles. The van der Waals surface area contributed by atoms with Crippen LogP contribution < -0.4 is 0 Å². The summed E-state index contributed by atoms with van der Waals surface area (Å²) in [7, 11) is 0. The molecule has 16 heavy (non-hydrogen) atoms. The van der Waals surface area contributed by atoms with Gasteiger partial charge in [-0.15, -0.1) is 11.6 Å². The Morgan fingerprint density at radius 3 is 2.06 bits per heavy atom. The maximum atomic E-state index is 6.22. The van der Waals surface area contributed by atoms with Gasteiger partial charge in [0.05, 0.1) is 0 Å². The highest BCUT2D eigenvalue weighted by Crippen LogP contribution is 2.62. The van der Waals surface area contributed by atoms with Crippen LogP contribution in [0.3, 0.4) is 0 Å². The molecule has 1 spiro atoms. The molecule has 1 heteroatoms. The van der Waals surface area contributed by atoms with E-state index in [0.717, 1.165) is 11.8 Å². The highest BCUT2D eigenvalue weighted by atomic mass is 35.5. The van der Waals surface area contributed by atoms with Gasteiger partial charge in [0.2, 0.25) is 0 Å². The van der Waals surface area contributed by atoms with E-state index in [1.54, 1.807) is 0 Å². The Kier molecular flexibility index (Phi) is 3.11. The zero-order valence-electron chi connectivity index (χ0n) is 11.4. The fraction of sp³-hybridized carbons (Fsp3) is 1.00. The molecule has 0 aromatic rings. The Bertz CT molecular complexity index is 249. The first-order chi connectivity index (χ1) is 7.29. The van der Waals surface area contributed by atoms with Crippen molar-refractivity contribution in [3.8, 4) is 0 Å². The molecule has 0 radical (unpaired) electrons. The Morgan fingerprint density at radius 2 is 1.56 bits per heavy atom.